The van der Waals surface area contributed by atoms with Crippen molar-refractivity contribution in [3.05, 3.63) is 29.8 Å². The Morgan fingerprint density at radius 3 is 3.00 bits per heavy atom. The van der Waals surface area contributed by atoms with E-state index in [1.807, 2.05) is 6.07 Å². The predicted molar refractivity (Wildman–Crippen MR) is 55.5 cm³/mol. The fourth-order valence-corrected chi connectivity index (χ4v) is 2.59. The van der Waals surface area contributed by atoms with E-state index in [0.29, 0.717) is 0 Å². The minimum absolute atomic E-state index is 0.134. The number of para-hydroxylation sites is 1. The van der Waals surface area contributed by atoms with Crippen LogP contribution in [0.1, 0.15) is 24.8 Å². The summed E-state index contributed by atoms with van der Waals surface area (Å²) < 4.78 is 5.73. The summed E-state index contributed by atoms with van der Waals surface area (Å²) in [6.45, 7) is 1.93. The Morgan fingerprint density at radius 2 is 2.14 bits per heavy atom. The van der Waals surface area contributed by atoms with Gasteiger partial charge in [0.25, 0.3) is 0 Å². The first-order chi connectivity index (χ1) is 6.91. The summed E-state index contributed by atoms with van der Waals surface area (Å²) in [5.41, 5.74) is 1.49. The molecule has 1 spiro atoms. The van der Waals surface area contributed by atoms with Gasteiger partial charge in [0.15, 0.2) is 0 Å². The smallest absolute Gasteiger partial charge is 0.124 e. The van der Waals surface area contributed by atoms with Gasteiger partial charge in [-0.25, -0.2) is 0 Å². The summed E-state index contributed by atoms with van der Waals surface area (Å²) >= 11 is 0. The van der Waals surface area contributed by atoms with Crippen molar-refractivity contribution in [3.63, 3.8) is 0 Å². The number of rotatable bonds is 0. The molecule has 0 aromatic heterocycles. The first-order valence-electron chi connectivity index (χ1n) is 5.38. The van der Waals surface area contributed by atoms with Crippen molar-refractivity contribution in [1.82, 2.24) is 5.32 Å². The lowest BCUT2D eigenvalue weighted by Crippen LogP contribution is -2.47. The second-order valence-corrected chi connectivity index (χ2v) is 4.25. The van der Waals surface area contributed by atoms with Crippen LogP contribution in [-0.4, -0.2) is 13.2 Å². The Kier molecular flexibility index (Phi) is 1.77. The van der Waals surface area contributed by atoms with Crippen LogP contribution in [0.5, 0.6) is 5.75 Å². The molecule has 1 aromatic carbocycles. The lowest BCUT2D eigenvalue weighted by Gasteiger charge is -2.33. The number of fused-ring (bicyclic) bond motifs is 2. The largest absolute Gasteiger partial charge is 0.491 e. The first kappa shape index (κ1) is 8.30. The Balaban J connectivity index is 2.03. The number of hydrogen-bond donors (Lipinski definition) is 1. The molecule has 74 valence electrons. The predicted octanol–water partition coefficient (Wildman–Crippen LogP) is 2.05. The molecular formula is C12H15NO. The third-order valence-electron chi connectivity index (χ3n) is 3.37. The molecule has 1 fully saturated rings. The van der Waals surface area contributed by atoms with Crippen molar-refractivity contribution in [2.75, 3.05) is 13.2 Å². The molecular weight excluding hydrogens is 174 g/mol. The molecule has 3 rings (SSSR count). The maximum absolute atomic E-state index is 5.73. The minimum Gasteiger partial charge on any atom is -0.491 e. The SMILES string of the molecule is c1ccc2c(c1)OCC21CCCCN1. The number of piperidine rings is 1. The number of ether oxygens (including phenoxy) is 1. The highest BCUT2D eigenvalue weighted by molar-refractivity contribution is 5.43. The maximum Gasteiger partial charge on any atom is 0.124 e. The maximum atomic E-state index is 5.73. The molecule has 1 N–H and O–H groups in total. The second kappa shape index (κ2) is 2.99. The van der Waals surface area contributed by atoms with Gasteiger partial charge in [-0.15, -0.1) is 0 Å². The second-order valence-electron chi connectivity index (χ2n) is 4.25. The van der Waals surface area contributed by atoms with Gasteiger partial charge < -0.3 is 10.1 Å². The van der Waals surface area contributed by atoms with Crippen molar-refractivity contribution < 1.29 is 4.74 Å². The first-order valence-corrected chi connectivity index (χ1v) is 5.38. The molecule has 2 aliphatic rings. The third-order valence-corrected chi connectivity index (χ3v) is 3.37. The van der Waals surface area contributed by atoms with E-state index in [0.717, 1.165) is 18.9 Å². The van der Waals surface area contributed by atoms with Crippen molar-refractivity contribution in [1.29, 1.82) is 0 Å². The summed E-state index contributed by atoms with van der Waals surface area (Å²) in [7, 11) is 0. The monoisotopic (exact) mass is 189 g/mol. The van der Waals surface area contributed by atoms with Gasteiger partial charge in [-0.05, 0) is 31.9 Å². The molecule has 0 aliphatic carbocycles. The quantitative estimate of drug-likeness (QED) is 0.674. The third kappa shape index (κ3) is 1.07. The highest BCUT2D eigenvalue weighted by Gasteiger charge is 2.40. The van der Waals surface area contributed by atoms with Crippen molar-refractivity contribution in [2.24, 2.45) is 0 Å². The zero-order valence-corrected chi connectivity index (χ0v) is 8.25. The van der Waals surface area contributed by atoms with Gasteiger partial charge in [0, 0.05) is 5.56 Å². The Bertz CT molecular complexity index is 336. The van der Waals surface area contributed by atoms with Crippen LogP contribution in [0, 0.1) is 0 Å². The fourth-order valence-electron chi connectivity index (χ4n) is 2.59. The normalized spacial score (nSPS) is 30.0. The van der Waals surface area contributed by atoms with E-state index in [4.69, 9.17) is 4.74 Å². The molecule has 2 aliphatic heterocycles. The van der Waals surface area contributed by atoms with Gasteiger partial charge >= 0.3 is 0 Å². The Morgan fingerprint density at radius 1 is 1.21 bits per heavy atom. The van der Waals surface area contributed by atoms with Crippen LogP contribution in [0.15, 0.2) is 24.3 Å². The van der Waals surface area contributed by atoms with Gasteiger partial charge in [-0.2, -0.15) is 0 Å². The zero-order valence-electron chi connectivity index (χ0n) is 8.25. The molecule has 0 saturated carbocycles. The van der Waals surface area contributed by atoms with Crippen molar-refractivity contribution >= 4 is 0 Å². The van der Waals surface area contributed by atoms with E-state index in [1.165, 1.54) is 24.8 Å². The molecule has 0 amide bonds. The number of nitrogens with one attached hydrogen (secondary N) is 1. The topological polar surface area (TPSA) is 21.3 Å². The summed E-state index contributed by atoms with van der Waals surface area (Å²) in [5.74, 6) is 1.07. The van der Waals surface area contributed by atoms with Crippen LogP contribution < -0.4 is 10.1 Å². The lowest BCUT2D eigenvalue weighted by atomic mass is 9.84. The molecule has 0 radical (unpaired) electrons. The lowest BCUT2D eigenvalue weighted by molar-refractivity contribution is 0.189. The molecule has 2 heterocycles. The summed E-state index contributed by atoms with van der Waals surface area (Å²) in [6.07, 6.45) is 3.82. The van der Waals surface area contributed by atoms with Crippen LogP contribution in [0.2, 0.25) is 0 Å². The molecule has 1 atom stereocenters. The molecule has 1 aromatic rings. The average molecular weight is 189 g/mol. The summed E-state index contributed by atoms with van der Waals surface area (Å²) in [5, 5.41) is 3.63. The van der Waals surface area contributed by atoms with Gasteiger partial charge in [0.05, 0.1) is 5.54 Å². The van der Waals surface area contributed by atoms with Gasteiger partial charge in [-0.1, -0.05) is 18.2 Å². The molecule has 1 unspecified atom stereocenters. The van der Waals surface area contributed by atoms with Gasteiger partial charge in [-0.3, -0.25) is 0 Å². The van der Waals surface area contributed by atoms with Crippen LogP contribution in [0.25, 0.3) is 0 Å². The van der Waals surface area contributed by atoms with E-state index in [-0.39, 0.29) is 5.54 Å². The standard InChI is InChI=1S/C12H15NO/c1-2-6-11-10(5-1)12(9-14-11)7-3-4-8-13-12/h1-2,5-6,13H,3-4,7-9H2. The highest BCUT2D eigenvalue weighted by atomic mass is 16.5. The molecule has 0 bridgehead atoms. The molecule has 2 heteroatoms. The summed E-state index contributed by atoms with van der Waals surface area (Å²) in [4.78, 5) is 0. The Hall–Kier alpha value is -1.02. The summed E-state index contributed by atoms with van der Waals surface area (Å²) in [6, 6.07) is 8.41. The van der Waals surface area contributed by atoms with Gasteiger partial charge in [0.1, 0.15) is 12.4 Å². The van der Waals surface area contributed by atoms with Gasteiger partial charge in [0.2, 0.25) is 0 Å². The zero-order chi connectivity index (χ0) is 9.43. The van der Waals surface area contributed by atoms with Crippen LogP contribution >= 0.6 is 0 Å². The van der Waals surface area contributed by atoms with Crippen molar-refractivity contribution in [3.8, 4) is 5.75 Å². The molecule has 14 heavy (non-hydrogen) atoms. The highest BCUT2D eigenvalue weighted by Crippen LogP contribution is 2.41. The number of hydrogen-bond acceptors (Lipinski definition) is 2. The van der Waals surface area contributed by atoms with Crippen LogP contribution in [0.4, 0.5) is 0 Å². The Labute approximate surface area is 84.3 Å². The molecule has 2 nitrogen and oxygen atoms in total. The van der Waals surface area contributed by atoms with E-state index >= 15 is 0 Å². The van der Waals surface area contributed by atoms with E-state index in [9.17, 15) is 0 Å². The minimum atomic E-state index is 0.134. The number of benzene rings is 1. The van der Waals surface area contributed by atoms with Crippen LogP contribution in [-0.2, 0) is 5.54 Å². The van der Waals surface area contributed by atoms with E-state index < -0.39 is 0 Å². The molecule has 1 saturated heterocycles. The fraction of sp³-hybridized carbons (Fsp3) is 0.500. The van der Waals surface area contributed by atoms with E-state index in [1.54, 1.807) is 0 Å². The van der Waals surface area contributed by atoms with E-state index in [2.05, 4.69) is 23.5 Å². The average Bonchev–Trinajstić information content (AvgIpc) is 2.60. The van der Waals surface area contributed by atoms with Crippen molar-refractivity contribution in [2.45, 2.75) is 24.8 Å². The van der Waals surface area contributed by atoms with Crippen LogP contribution in [0.3, 0.4) is 0 Å².